The number of aliphatic hydroxyl groups excluding tert-OH is 1. The SMILES string of the molecule is CC1CCC(NCCOCCO)C(C)C1. The van der Waals surface area contributed by atoms with Crippen LogP contribution < -0.4 is 5.32 Å². The van der Waals surface area contributed by atoms with Gasteiger partial charge in [0.1, 0.15) is 0 Å². The van der Waals surface area contributed by atoms with Crippen molar-refractivity contribution in [3.05, 3.63) is 0 Å². The van der Waals surface area contributed by atoms with E-state index in [2.05, 4.69) is 19.2 Å². The van der Waals surface area contributed by atoms with Gasteiger partial charge in [-0.25, -0.2) is 0 Å². The van der Waals surface area contributed by atoms with Crippen LogP contribution in [0, 0.1) is 11.8 Å². The fraction of sp³-hybridized carbons (Fsp3) is 1.00. The van der Waals surface area contributed by atoms with Gasteiger partial charge in [0.25, 0.3) is 0 Å². The normalized spacial score (nSPS) is 31.8. The number of hydrogen-bond acceptors (Lipinski definition) is 3. The maximum absolute atomic E-state index is 8.54. The van der Waals surface area contributed by atoms with Crippen LogP contribution in [0.4, 0.5) is 0 Å². The van der Waals surface area contributed by atoms with Crippen LogP contribution in [0.1, 0.15) is 33.1 Å². The molecule has 0 heterocycles. The maximum Gasteiger partial charge on any atom is 0.0698 e. The third-order valence-electron chi connectivity index (χ3n) is 3.32. The molecule has 1 aliphatic rings. The molecule has 0 bridgehead atoms. The first-order valence-corrected chi connectivity index (χ1v) is 6.16. The van der Waals surface area contributed by atoms with Crippen molar-refractivity contribution in [1.82, 2.24) is 5.32 Å². The molecule has 0 aliphatic heterocycles. The van der Waals surface area contributed by atoms with E-state index in [-0.39, 0.29) is 6.61 Å². The van der Waals surface area contributed by atoms with Gasteiger partial charge in [-0.05, 0) is 31.1 Å². The summed E-state index contributed by atoms with van der Waals surface area (Å²) in [6.45, 7) is 6.87. The van der Waals surface area contributed by atoms with Crippen molar-refractivity contribution in [2.45, 2.75) is 39.2 Å². The Morgan fingerprint density at radius 2 is 2.07 bits per heavy atom. The highest BCUT2D eigenvalue weighted by Gasteiger charge is 2.24. The average molecular weight is 215 g/mol. The predicted octanol–water partition coefficient (Wildman–Crippen LogP) is 1.41. The minimum atomic E-state index is 0.122. The first-order valence-electron chi connectivity index (χ1n) is 6.16. The minimum Gasteiger partial charge on any atom is -0.394 e. The van der Waals surface area contributed by atoms with Crippen LogP contribution in [-0.4, -0.2) is 37.5 Å². The van der Waals surface area contributed by atoms with Crippen molar-refractivity contribution >= 4 is 0 Å². The zero-order valence-corrected chi connectivity index (χ0v) is 10.0. The van der Waals surface area contributed by atoms with E-state index >= 15 is 0 Å². The third kappa shape index (κ3) is 4.96. The van der Waals surface area contributed by atoms with Crippen LogP contribution in [0.3, 0.4) is 0 Å². The van der Waals surface area contributed by atoms with Crippen molar-refractivity contribution in [3.63, 3.8) is 0 Å². The van der Waals surface area contributed by atoms with Gasteiger partial charge < -0.3 is 15.2 Å². The van der Waals surface area contributed by atoms with E-state index in [0.29, 0.717) is 19.3 Å². The molecule has 0 aromatic carbocycles. The quantitative estimate of drug-likeness (QED) is 0.658. The lowest BCUT2D eigenvalue weighted by molar-refractivity contribution is 0.0893. The molecule has 2 N–H and O–H groups in total. The standard InChI is InChI=1S/C12H25NO2/c1-10-3-4-12(11(2)9-10)13-5-7-15-8-6-14/h10-14H,3-9H2,1-2H3. The van der Waals surface area contributed by atoms with Crippen LogP contribution in [0.5, 0.6) is 0 Å². The largest absolute Gasteiger partial charge is 0.394 e. The Balaban J connectivity index is 2.05. The molecule has 0 amide bonds. The first-order chi connectivity index (χ1) is 7.24. The molecule has 1 aliphatic carbocycles. The number of ether oxygens (including phenoxy) is 1. The van der Waals surface area contributed by atoms with E-state index in [4.69, 9.17) is 9.84 Å². The summed E-state index contributed by atoms with van der Waals surface area (Å²) in [5.41, 5.74) is 0. The lowest BCUT2D eigenvalue weighted by atomic mass is 9.80. The van der Waals surface area contributed by atoms with Crippen LogP contribution in [-0.2, 0) is 4.74 Å². The molecule has 90 valence electrons. The van der Waals surface area contributed by atoms with E-state index in [0.717, 1.165) is 18.4 Å². The lowest BCUT2D eigenvalue weighted by Crippen LogP contribution is -2.40. The van der Waals surface area contributed by atoms with Gasteiger partial charge in [-0.3, -0.25) is 0 Å². The van der Waals surface area contributed by atoms with E-state index < -0.39 is 0 Å². The Hall–Kier alpha value is -0.120. The second kappa shape index (κ2) is 7.20. The van der Waals surface area contributed by atoms with Crippen molar-refractivity contribution in [1.29, 1.82) is 0 Å². The first kappa shape index (κ1) is 12.9. The highest BCUT2D eigenvalue weighted by atomic mass is 16.5. The number of rotatable bonds is 6. The Morgan fingerprint density at radius 1 is 1.27 bits per heavy atom. The summed E-state index contributed by atoms with van der Waals surface area (Å²) < 4.78 is 5.22. The number of nitrogens with one attached hydrogen (secondary N) is 1. The van der Waals surface area contributed by atoms with Crippen molar-refractivity contribution in [2.24, 2.45) is 11.8 Å². The second-order valence-electron chi connectivity index (χ2n) is 4.79. The molecular weight excluding hydrogens is 190 g/mol. The summed E-state index contributed by atoms with van der Waals surface area (Å²) in [4.78, 5) is 0. The number of hydrogen-bond donors (Lipinski definition) is 2. The molecule has 0 saturated heterocycles. The second-order valence-corrected chi connectivity index (χ2v) is 4.79. The van der Waals surface area contributed by atoms with Gasteiger partial charge in [0.2, 0.25) is 0 Å². The monoisotopic (exact) mass is 215 g/mol. The minimum absolute atomic E-state index is 0.122. The van der Waals surface area contributed by atoms with E-state index in [1.54, 1.807) is 0 Å². The molecule has 3 atom stereocenters. The smallest absolute Gasteiger partial charge is 0.0698 e. The summed E-state index contributed by atoms with van der Waals surface area (Å²) in [5.74, 6) is 1.68. The van der Waals surface area contributed by atoms with Gasteiger partial charge in [0.15, 0.2) is 0 Å². The molecule has 15 heavy (non-hydrogen) atoms. The fourth-order valence-electron chi connectivity index (χ4n) is 2.45. The molecule has 0 spiro atoms. The summed E-state index contributed by atoms with van der Waals surface area (Å²) in [6.07, 6.45) is 3.98. The van der Waals surface area contributed by atoms with Gasteiger partial charge in [-0.2, -0.15) is 0 Å². The highest BCUT2D eigenvalue weighted by Crippen LogP contribution is 2.28. The van der Waals surface area contributed by atoms with Gasteiger partial charge in [0, 0.05) is 12.6 Å². The van der Waals surface area contributed by atoms with E-state index in [1.807, 2.05) is 0 Å². The molecule has 3 nitrogen and oxygen atoms in total. The zero-order chi connectivity index (χ0) is 11.1. The Morgan fingerprint density at radius 3 is 2.73 bits per heavy atom. The molecule has 1 saturated carbocycles. The molecule has 3 unspecified atom stereocenters. The topological polar surface area (TPSA) is 41.5 Å². The average Bonchev–Trinajstić information content (AvgIpc) is 2.20. The summed E-state index contributed by atoms with van der Waals surface area (Å²) >= 11 is 0. The number of aliphatic hydroxyl groups is 1. The molecule has 0 aromatic rings. The summed E-state index contributed by atoms with van der Waals surface area (Å²) in [7, 11) is 0. The fourth-order valence-corrected chi connectivity index (χ4v) is 2.45. The van der Waals surface area contributed by atoms with Gasteiger partial charge >= 0.3 is 0 Å². The van der Waals surface area contributed by atoms with E-state index in [1.165, 1.54) is 19.3 Å². The van der Waals surface area contributed by atoms with Crippen LogP contribution >= 0.6 is 0 Å². The molecular formula is C12H25NO2. The van der Waals surface area contributed by atoms with E-state index in [9.17, 15) is 0 Å². The lowest BCUT2D eigenvalue weighted by Gasteiger charge is -2.33. The maximum atomic E-state index is 8.54. The highest BCUT2D eigenvalue weighted by molar-refractivity contribution is 4.80. The Bertz CT molecular complexity index is 164. The summed E-state index contributed by atoms with van der Waals surface area (Å²) in [5, 5.41) is 12.1. The van der Waals surface area contributed by atoms with Crippen LogP contribution in [0.15, 0.2) is 0 Å². The molecule has 3 heteroatoms. The Labute approximate surface area is 93.2 Å². The van der Waals surface area contributed by atoms with Crippen molar-refractivity contribution in [2.75, 3.05) is 26.4 Å². The third-order valence-corrected chi connectivity index (χ3v) is 3.32. The Kier molecular flexibility index (Phi) is 6.22. The van der Waals surface area contributed by atoms with Crippen molar-refractivity contribution in [3.8, 4) is 0 Å². The zero-order valence-electron chi connectivity index (χ0n) is 10.0. The van der Waals surface area contributed by atoms with Gasteiger partial charge in [-0.15, -0.1) is 0 Å². The summed E-state index contributed by atoms with van der Waals surface area (Å²) in [6, 6.07) is 0.666. The molecule has 1 rings (SSSR count). The van der Waals surface area contributed by atoms with Crippen LogP contribution in [0.2, 0.25) is 0 Å². The van der Waals surface area contributed by atoms with Crippen LogP contribution in [0.25, 0.3) is 0 Å². The molecule has 0 aromatic heterocycles. The van der Waals surface area contributed by atoms with Gasteiger partial charge in [-0.1, -0.05) is 13.8 Å². The van der Waals surface area contributed by atoms with Crippen molar-refractivity contribution < 1.29 is 9.84 Å². The molecule has 0 radical (unpaired) electrons. The predicted molar refractivity (Wildman–Crippen MR) is 61.9 cm³/mol. The van der Waals surface area contributed by atoms with Gasteiger partial charge in [0.05, 0.1) is 19.8 Å². The molecule has 1 fully saturated rings.